The number of anilines is 2. The van der Waals surface area contributed by atoms with Crippen LogP contribution in [0, 0.1) is 11.7 Å². The van der Waals surface area contributed by atoms with E-state index in [9.17, 15) is 9.18 Å². The predicted molar refractivity (Wildman–Crippen MR) is 141 cm³/mol. The van der Waals surface area contributed by atoms with E-state index in [1.165, 1.54) is 17.8 Å². The minimum absolute atomic E-state index is 0.0682. The van der Waals surface area contributed by atoms with Crippen LogP contribution in [0.15, 0.2) is 59.8 Å². The molecule has 1 saturated heterocycles. The van der Waals surface area contributed by atoms with E-state index in [1.807, 2.05) is 36.4 Å². The molecule has 2 aromatic carbocycles. The number of hydrogen-bond donors (Lipinski definition) is 1. The van der Waals surface area contributed by atoms with Gasteiger partial charge in [-0.05, 0) is 35.7 Å². The van der Waals surface area contributed by atoms with Crippen LogP contribution in [0.5, 0.6) is 0 Å². The minimum atomic E-state index is -0.203. The van der Waals surface area contributed by atoms with Gasteiger partial charge in [0.25, 0.3) is 5.91 Å². The Bertz CT molecular complexity index is 1170. The third-order valence-corrected chi connectivity index (χ3v) is 6.80. The molecule has 35 heavy (non-hydrogen) atoms. The van der Waals surface area contributed by atoms with Crippen molar-refractivity contribution in [3.63, 3.8) is 0 Å². The zero-order valence-electron chi connectivity index (χ0n) is 19.9. The van der Waals surface area contributed by atoms with E-state index in [2.05, 4.69) is 33.9 Å². The summed E-state index contributed by atoms with van der Waals surface area (Å²) in [5.41, 5.74) is 2.28. The van der Waals surface area contributed by atoms with Crippen molar-refractivity contribution in [3.05, 3.63) is 76.7 Å². The van der Waals surface area contributed by atoms with Crippen molar-refractivity contribution in [1.82, 2.24) is 15.3 Å². The predicted octanol–water partition coefficient (Wildman–Crippen LogP) is 5.27. The largest absolute Gasteiger partial charge is 0.366 e. The Kier molecular flexibility index (Phi) is 8.46. The SMILES string of the molecule is CC(C)CNC(=O)c1cccc(CSc2nc(Cl)cc(N3CCN(c4ccccc4F)CC3)n2)c1. The number of carbonyl (C=O) groups excluding carboxylic acids is 1. The number of rotatable bonds is 8. The van der Waals surface area contributed by atoms with Gasteiger partial charge in [-0.3, -0.25) is 4.79 Å². The summed E-state index contributed by atoms with van der Waals surface area (Å²) in [5.74, 6) is 1.51. The molecule has 1 aliphatic rings. The first kappa shape index (κ1) is 25.3. The van der Waals surface area contributed by atoms with E-state index in [1.54, 1.807) is 12.1 Å². The first-order chi connectivity index (χ1) is 16.9. The van der Waals surface area contributed by atoms with E-state index in [-0.39, 0.29) is 11.7 Å². The monoisotopic (exact) mass is 513 g/mol. The van der Waals surface area contributed by atoms with Crippen LogP contribution in [0.4, 0.5) is 15.9 Å². The van der Waals surface area contributed by atoms with Gasteiger partial charge >= 0.3 is 0 Å². The zero-order valence-corrected chi connectivity index (χ0v) is 21.4. The van der Waals surface area contributed by atoms with Gasteiger partial charge in [-0.25, -0.2) is 14.4 Å². The molecule has 0 bridgehead atoms. The van der Waals surface area contributed by atoms with Crippen LogP contribution in [0.1, 0.15) is 29.8 Å². The molecule has 4 rings (SSSR count). The summed E-state index contributed by atoms with van der Waals surface area (Å²) in [6.45, 7) is 7.57. The molecule has 0 atom stereocenters. The van der Waals surface area contributed by atoms with E-state index in [4.69, 9.17) is 16.6 Å². The molecule has 1 N–H and O–H groups in total. The van der Waals surface area contributed by atoms with Gasteiger partial charge in [0.05, 0.1) is 5.69 Å². The van der Waals surface area contributed by atoms with Gasteiger partial charge < -0.3 is 15.1 Å². The fourth-order valence-electron chi connectivity index (χ4n) is 3.85. The average Bonchev–Trinajstić information content (AvgIpc) is 2.86. The second kappa shape index (κ2) is 11.7. The molecule has 2 heterocycles. The lowest BCUT2D eigenvalue weighted by Gasteiger charge is -2.36. The maximum absolute atomic E-state index is 14.1. The maximum Gasteiger partial charge on any atom is 0.251 e. The van der Waals surface area contributed by atoms with Crippen molar-refractivity contribution in [3.8, 4) is 0 Å². The highest BCUT2D eigenvalue weighted by molar-refractivity contribution is 7.98. The molecule has 1 aliphatic heterocycles. The number of halogens is 2. The Balaban J connectivity index is 1.38. The van der Waals surface area contributed by atoms with Crippen LogP contribution in [0.25, 0.3) is 0 Å². The number of aromatic nitrogens is 2. The van der Waals surface area contributed by atoms with Crippen molar-refractivity contribution in [2.45, 2.75) is 24.8 Å². The molecule has 9 heteroatoms. The highest BCUT2D eigenvalue weighted by Crippen LogP contribution is 2.27. The van der Waals surface area contributed by atoms with Gasteiger partial charge in [0.15, 0.2) is 5.16 Å². The van der Waals surface area contributed by atoms with Gasteiger partial charge in [0.2, 0.25) is 0 Å². The van der Waals surface area contributed by atoms with Gasteiger partial charge in [-0.2, -0.15) is 0 Å². The summed E-state index contributed by atoms with van der Waals surface area (Å²) < 4.78 is 14.1. The molecule has 1 fully saturated rings. The lowest BCUT2D eigenvalue weighted by molar-refractivity contribution is 0.0949. The maximum atomic E-state index is 14.1. The van der Waals surface area contributed by atoms with Crippen LogP contribution in [-0.4, -0.2) is 48.6 Å². The average molecular weight is 514 g/mol. The van der Waals surface area contributed by atoms with Crippen molar-refractivity contribution in [2.75, 3.05) is 42.5 Å². The Morgan fingerprint density at radius 2 is 1.80 bits per heavy atom. The third-order valence-electron chi connectivity index (χ3n) is 5.69. The molecule has 0 unspecified atom stereocenters. The Morgan fingerprint density at radius 3 is 2.54 bits per heavy atom. The van der Waals surface area contributed by atoms with Crippen molar-refractivity contribution >= 4 is 40.8 Å². The first-order valence-electron chi connectivity index (χ1n) is 11.7. The van der Waals surface area contributed by atoms with Gasteiger partial charge in [-0.1, -0.05) is 61.5 Å². The number of carbonyl (C=O) groups is 1. The van der Waals surface area contributed by atoms with Crippen LogP contribution >= 0.6 is 23.4 Å². The summed E-state index contributed by atoms with van der Waals surface area (Å²) >= 11 is 7.80. The second-order valence-electron chi connectivity index (χ2n) is 8.85. The summed E-state index contributed by atoms with van der Waals surface area (Å²) in [6, 6.07) is 16.2. The van der Waals surface area contributed by atoms with E-state index >= 15 is 0 Å². The summed E-state index contributed by atoms with van der Waals surface area (Å²) in [6.07, 6.45) is 0. The lowest BCUT2D eigenvalue weighted by Crippen LogP contribution is -2.47. The fraction of sp³-hybridized carbons (Fsp3) is 0.346. The normalized spacial score (nSPS) is 13.9. The van der Waals surface area contributed by atoms with Crippen LogP contribution in [0.3, 0.4) is 0 Å². The number of nitrogens with zero attached hydrogens (tertiary/aromatic N) is 4. The van der Waals surface area contributed by atoms with Crippen LogP contribution in [0.2, 0.25) is 5.15 Å². The van der Waals surface area contributed by atoms with Crippen LogP contribution in [-0.2, 0) is 5.75 Å². The number of thioether (sulfide) groups is 1. The molecule has 0 radical (unpaired) electrons. The Labute approximate surface area is 214 Å². The topological polar surface area (TPSA) is 61.4 Å². The van der Waals surface area contributed by atoms with Crippen molar-refractivity contribution in [2.24, 2.45) is 5.92 Å². The van der Waals surface area contributed by atoms with Gasteiger partial charge in [0.1, 0.15) is 16.8 Å². The molecule has 6 nitrogen and oxygen atoms in total. The third kappa shape index (κ3) is 6.86. The quantitative estimate of drug-likeness (QED) is 0.251. The second-order valence-corrected chi connectivity index (χ2v) is 10.2. The molecule has 0 saturated carbocycles. The van der Waals surface area contributed by atoms with E-state index in [0.29, 0.717) is 66.0 Å². The first-order valence-corrected chi connectivity index (χ1v) is 13.0. The molecular weight excluding hydrogens is 485 g/mol. The van der Waals surface area contributed by atoms with Gasteiger partial charge in [0, 0.05) is 50.1 Å². The standard InChI is InChI=1S/C26H29ClFN5OS/c1-18(2)16-29-25(34)20-7-5-6-19(14-20)17-35-26-30-23(27)15-24(31-26)33-12-10-32(11-13-33)22-9-4-3-8-21(22)28/h3-9,14-15,18H,10-13,16-17H2,1-2H3,(H,29,34). The molecule has 3 aromatic rings. The molecule has 1 aromatic heterocycles. The number of amides is 1. The zero-order chi connectivity index (χ0) is 24.8. The summed E-state index contributed by atoms with van der Waals surface area (Å²) in [5, 5.41) is 3.92. The number of piperazine rings is 1. The number of para-hydroxylation sites is 1. The summed E-state index contributed by atoms with van der Waals surface area (Å²) in [4.78, 5) is 25.7. The molecule has 184 valence electrons. The molecule has 0 aliphatic carbocycles. The van der Waals surface area contributed by atoms with Gasteiger partial charge in [-0.15, -0.1) is 0 Å². The molecular formula is C26H29ClFN5OS. The van der Waals surface area contributed by atoms with Crippen molar-refractivity contribution in [1.29, 1.82) is 0 Å². The number of hydrogen-bond acceptors (Lipinski definition) is 6. The highest BCUT2D eigenvalue weighted by atomic mass is 35.5. The minimum Gasteiger partial charge on any atom is -0.366 e. The lowest BCUT2D eigenvalue weighted by atomic mass is 10.1. The Morgan fingerprint density at radius 1 is 1.06 bits per heavy atom. The molecule has 0 spiro atoms. The smallest absolute Gasteiger partial charge is 0.251 e. The van der Waals surface area contributed by atoms with E-state index < -0.39 is 0 Å². The number of nitrogens with one attached hydrogen (secondary N) is 1. The summed E-state index contributed by atoms with van der Waals surface area (Å²) in [7, 11) is 0. The Hall–Kier alpha value is -2.84. The highest BCUT2D eigenvalue weighted by Gasteiger charge is 2.21. The molecule has 1 amide bonds. The van der Waals surface area contributed by atoms with Crippen molar-refractivity contribution < 1.29 is 9.18 Å². The van der Waals surface area contributed by atoms with E-state index in [0.717, 1.165) is 11.4 Å². The number of benzene rings is 2. The fourth-order valence-corrected chi connectivity index (χ4v) is 4.87. The van der Waals surface area contributed by atoms with Crippen LogP contribution < -0.4 is 15.1 Å².